The lowest BCUT2D eigenvalue weighted by atomic mass is 9.78. The minimum Gasteiger partial charge on any atom is -0.492 e. The molecule has 5 atom stereocenters. The van der Waals surface area contributed by atoms with E-state index in [1.165, 1.54) is 11.8 Å². The molecule has 3 unspecified atom stereocenters. The number of fused-ring (bicyclic) bond motifs is 1. The monoisotopic (exact) mass is 590 g/mol. The average molecular weight is 591 g/mol. The van der Waals surface area contributed by atoms with Gasteiger partial charge in [-0.05, 0) is 43.9 Å². The van der Waals surface area contributed by atoms with E-state index in [9.17, 15) is 19.9 Å². The highest BCUT2D eigenvalue weighted by molar-refractivity contribution is 5.98. The summed E-state index contributed by atoms with van der Waals surface area (Å²) in [5, 5.41) is 30.1. The van der Waals surface area contributed by atoms with Gasteiger partial charge in [0.15, 0.2) is 11.6 Å². The van der Waals surface area contributed by atoms with Crippen molar-refractivity contribution < 1.29 is 24.6 Å². The standard InChI is InChI=1S/C30H38N8O5/c1-16-7-5-8-17(13-16)24(39)33-14-20-23-30(38(42)27(32)36-23)29(4,41)21(15-37(30)26(31)34-20)35-25(40)18-9-6-10-19-22(18)43-12-11-28(19,2)3/h5-10,13,20-21,23,41-42H,11-12,14-15H2,1-4H3,(H2,31,34)(H2,32,36)(H,33,39)(H,35,40)/t20-,21?,23?,29-,30?/m0/s1. The van der Waals surface area contributed by atoms with E-state index in [2.05, 4.69) is 34.5 Å². The molecule has 2 aromatic carbocycles. The number of nitrogens with zero attached hydrogens (tertiary/aromatic N) is 4. The van der Waals surface area contributed by atoms with Gasteiger partial charge in [0.2, 0.25) is 5.96 Å². The molecule has 4 heterocycles. The van der Waals surface area contributed by atoms with Crippen LogP contribution >= 0.6 is 0 Å². The number of carbonyl (C=O) groups excluding carboxylic acids is 2. The van der Waals surface area contributed by atoms with Gasteiger partial charge in [0.05, 0.1) is 24.3 Å². The first kappa shape index (κ1) is 28.7. The van der Waals surface area contributed by atoms with Crippen LogP contribution < -0.4 is 26.8 Å². The summed E-state index contributed by atoms with van der Waals surface area (Å²) in [5.41, 5.74) is 11.6. The Labute approximate surface area is 249 Å². The molecule has 43 heavy (non-hydrogen) atoms. The van der Waals surface area contributed by atoms with Gasteiger partial charge in [-0.15, -0.1) is 0 Å². The largest absolute Gasteiger partial charge is 0.492 e. The molecule has 13 heteroatoms. The van der Waals surface area contributed by atoms with Crippen LogP contribution in [0.5, 0.6) is 5.75 Å². The lowest BCUT2D eigenvalue weighted by molar-refractivity contribution is -0.218. The van der Waals surface area contributed by atoms with Crippen LogP contribution in [0.1, 0.15) is 59.0 Å². The van der Waals surface area contributed by atoms with Crippen molar-refractivity contribution in [3.8, 4) is 5.75 Å². The predicted octanol–water partition coefficient (Wildman–Crippen LogP) is 0.431. The molecule has 228 valence electrons. The number of hydrogen-bond donors (Lipinski definition) is 6. The van der Waals surface area contributed by atoms with E-state index in [4.69, 9.17) is 16.2 Å². The third-order valence-corrected chi connectivity index (χ3v) is 9.38. The summed E-state index contributed by atoms with van der Waals surface area (Å²) >= 11 is 0. The molecule has 4 aliphatic heterocycles. The zero-order valence-corrected chi connectivity index (χ0v) is 24.7. The van der Waals surface area contributed by atoms with Gasteiger partial charge in [-0.1, -0.05) is 43.7 Å². The highest BCUT2D eigenvalue weighted by atomic mass is 16.5. The van der Waals surface area contributed by atoms with Crippen molar-refractivity contribution in [2.75, 3.05) is 19.7 Å². The molecule has 0 aliphatic carbocycles. The second-order valence-corrected chi connectivity index (χ2v) is 12.6. The fourth-order valence-electron chi connectivity index (χ4n) is 6.95. The summed E-state index contributed by atoms with van der Waals surface area (Å²) in [4.78, 5) is 37.2. The first-order chi connectivity index (χ1) is 20.3. The van der Waals surface area contributed by atoms with Crippen molar-refractivity contribution in [3.63, 3.8) is 0 Å². The van der Waals surface area contributed by atoms with Crippen LogP contribution in [0.15, 0.2) is 52.4 Å². The molecule has 6 rings (SSSR count). The van der Waals surface area contributed by atoms with Gasteiger partial charge in [-0.3, -0.25) is 14.8 Å². The summed E-state index contributed by atoms with van der Waals surface area (Å²) in [6.45, 7) is 8.11. The molecular weight excluding hydrogens is 552 g/mol. The molecule has 0 aromatic heterocycles. The van der Waals surface area contributed by atoms with Crippen LogP contribution in [-0.4, -0.2) is 93.1 Å². The van der Waals surface area contributed by atoms with Crippen LogP contribution in [0, 0.1) is 6.92 Å². The zero-order chi connectivity index (χ0) is 30.9. The number of rotatable bonds is 5. The lowest BCUT2D eigenvalue weighted by Crippen LogP contribution is -2.77. The minimum atomic E-state index is -1.85. The van der Waals surface area contributed by atoms with Crippen molar-refractivity contribution >= 4 is 23.7 Å². The summed E-state index contributed by atoms with van der Waals surface area (Å²) in [7, 11) is 0. The number of aliphatic hydroxyl groups is 1. The predicted molar refractivity (Wildman–Crippen MR) is 159 cm³/mol. The Bertz CT molecular complexity index is 1550. The topological polar surface area (TPSA) is 191 Å². The van der Waals surface area contributed by atoms with E-state index in [1.807, 2.05) is 25.1 Å². The van der Waals surface area contributed by atoms with E-state index >= 15 is 0 Å². The van der Waals surface area contributed by atoms with Gasteiger partial charge >= 0.3 is 0 Å². The second kappa shape index (κ2) is 9.85. The molecule has 0 saturated carbocycles. The maximum atomic E-state index is 13.7. The van der Waals surface area contributed by atoms with E-state index in [1.54, 1.807) is 24.3 Å². The molecule has 1 spiro atoms. The Balaban J connectivity index is 1.29. The van der Waals surface area contributed by atoms with Crippen molar-refractivity contribution in [1.82, 2.24) is 20.6 Å². The van der Waals surface area contributed by atoms with Gasteiger partial charge in [0.1, 0.15) is 17.4 Å². The summed E-state index contributed by atoms with van der Waals surface area (Å²) in [6.07, 6.45) is 0.820. The molecule has 4 aliphatic rings. The van der Waals surface area contributed by atoms with E-state index < -0.39 is 35.3 Å². The maximum absolute atomic E-state index is 13.7. The Hall–Kier alpha value is -4.36. The number of benzene rings is 2. The van der Waals surface area contributed by atoms with Gasteiger partial charge in [0.25, 0.3) is 11.8 Å². The van der Waals surface area contributed by atoms with Crippen LogP contribution in [0.3, 0.4) is 0 Å². The Morgan fingerprint density at radius 3 is 2.58 bits per heavy atom. The van der Waals surface area contributed by atoms with Crippen LogP contribution in [0.25, 0.3) is 0 Å². The van der Waals surface area contributed by atoms with E-state index in [0.29, 0.717) is 28.5 Å². The Morgan fingerprint density at radius 1 is 1.09 bits per heavy atom. The number of nitrogens with one attached hydrogen (secondary N) is 2. The number of para-hydroxylation sites is 1. The molecule has 1 saturated heterocycles. The molecule has 1 fully saturated rings. The van der Waals surface area contributed by atoms with Gasteiger partial charge in [0, 0.05) is 24.2 Å². The third kappa shape index (κ3) is 4.20. The fraction of sp³-hybridized carbons (Fsp3) is 0.467. The SMILES string of the molecule is Cc1cccc(C(=O)NC[C@@H]2N=C(N)N3CC(NC(=O)c4cccc5c4OCCC5(C)C)[C@](C)(O)C34C2N=C(N)N4O)c1. The second-order valence-electron chi connectivity index (χ2n) is 12.6. The molecule has 2 aromatic rings. The molecule has 8 N–H and O–H groups in total. The number of nitrogens with two attached hydrogens (primary N) is 2. The lowest BCUT2D eigenvalue weighted by Gasteiger charge is -2.52. The Morgan fingerprint density at radius 2 is 1.84 bits per heavy atom. The first-order valence-corrected chi connectivity index (χ1v) is 14.4. The zero-order valence-electron chi connectivity index (χ0n) is 24.7. The quantitative estimate of drug-likeness (QED) is 0.287. The number of ether oxygens (including phenoxy) is 1. The normalized spacial score (nSPS) is 30.3. The number of guanidine groups is 2. The average Bonchev–Trinajstić information content (AvgIpc) is 3.36. The van der Waals surface area contributed by atoms with Crippen LogP contribution in [-0.2, 0) is 5.41 Å². The van der Waals surface area contributed by atoms with Gasteiger partial charge in [-0.25, -0.2) is 9.98 Å². The van der Waals surface area contributed by atoms with Crippen molar-refractivity contribution in [3.05, 3.63) is 64.7 Å². The third-order valence-electron chi connectivity index (χ3n) is 9.38. The number of hydroxylamine groups is 2. The number of carbonyl (C=O) groups is 2. The first-order valence-electron chi connectivity index (χ1n) is 14.4. The van der Waals surface area contributed by atoms with Crippen molar-refractivity contribution in [2.45, 2.75) is 68.9 Å². The number of aliphatic imine (C=N–C) groups is 2. The highest BCUT2D eigenvalue weighted by Gasteiger charge is 2.74. The summed E-state index contributed by atoms with van der Waals surface area (Å²) < 4.78 is 5.95. The number of amides is 2. The van der Waals surface area contributed by atoms with Gasteiger partial charge < -0.3 is 36.8 Å². The maximum Gasteiger partial charge on any atom is 0.255 e. The fourth-order valence-corrected chi connectivity index (χ4v) is 6.95. The molecule has 2 amide bonds. The number of aryl methyl sites for hydroxylation is 1. The smallest absolute Gasteiger partial charge is 0.255 e. The van der Waals surface area contributed by atoms with Crippen LogP contribution in [0.4, 0.5) is 0 Å². The summed E-state index contributed by atoms with van der Waals surface area (Å²) in [5.74, 6) is -0.472. The van der Waals surface area contributed by atoms with Crippen molar-refractivity contribution in [1.29, 1.82) is 0 Å². The molecule has 13 nitrogen and oxygen atoms in total. The Kier molecular flexibility index (Phi) is 6.58. The minimum absolute atomic E-state index is 0.00811. The number of hydrogen-bond acceptors (Lipinski definition) is 11. The van der Waals surface area contributed by atoms with Crippen LogP contribution in [0.2, 0.25) is 0 Å². The molecule has 0 radical (unpaired) electrons. The highest BCUT2D eigenvalue weighted by Crippen LogP contribution is 2.50. The summed E-state index contributed by atoms with van der Waals surface area (Å²) in [6, 6.07) is 9.97. The van der Waals surface area contributed by atoms with Crippen molar-refractivity contribution in [2.24, 2.45) is 21.5 Å². The molecule has 0 bridgehead atoms. The van der Waals surface area contributed by atoms with E-state index in [-0.39, 0.29) is 36.3 Å². The van der Waals surface area contributed by atoms with E-state index in [0.717, 1.165) is 17.5 Å². The van der Waals surface area contributed by atoms with Gasteiger partial charge in [-0.2, -0.15) is 5.06 Å². The molecular formula is C30H38N8O5.